The summed E-state index contributed by atoms with van der Waals surface area (Å²) in [7, 11) is 0. The van der Waals surface area contributed by atoms with Gasteiger partial charge in [0.15, 0.2) is 11.6 Å². The molecule has 1 saturated heterocycles. The molecule has 9 nitrogen and oxygen atoms in total. The first-order valence-corrected chi connectivity index (χ1v) is 12.9. The Hall–Kier alpha value is -4.47. The Morgan fingerprint density at radius 3 is 2.21 bits per heavy atom. The fourth-order valence-corrected chi connectivity index (χ4v) is 5.33. The molecule has 0 spiro atoms. The number of nitrogens with one attached hydrogen (secondary N) is 2. The van der Waals surface area contributed by atoms with Crippen molar-refractivity contribution >= 4 is 27.8 Å². The van der Waals surface area contributed by atoms with E-state index >= 15 is 0 Å². The van der Waals surface area contributed by atoms with Gasteiger partial charge in [-0.3, -0.25) is 0 Å². The van der Waals surface area contributed by atoms with Gasteiger partial charge in [-0.1, -0.05) is 36.4 Å². The Kier molecular flexibility index (Phi) is 5.64. The lowest BCUT2D eigenvalue weighted by Gasteiger charge is -2.42. The van der Waals surface area contributed by atoms with Crippen molar-refractivity contribution in [1.82, 2.24) is 34.9 Å². The summed E-state index contributed by atoms with van der Waals surface area (Å²) in [5.41, 5.74) is 12.2. The lowest BCUT2D eigenvalue weighted by molar-refractivity contribution is -0.0877. The molecule has 3 aromatic heterocycles. The number of aromatic amines is 2. The number of pyridine rings is 1. The van der Waals surface area contributed by atoms with Gasteiger partial charge in [0.1, 0.15) is 5.69 Å². The molecule has 0 amide bonds. The van der Waals surface area contributed by atoms with Crippen LogP contribution >= 0.6 is 0 Å². The summed E-state index contributed by atoms with van der Waals surface area (Å²) < 4.78 is 0. The Morgan fingerprint density at radius 1 is 0.789 bits per heavy atom. The molecular formula is C29H28N8O. The van der Waals surface area contributed by atoms with Crippen molar-refractivity contribution in [2.75, 3.05) is 13.1 Å². The van der Waals surface area contributed by atoms with Gasteiger partial charge in [0.05, 0.1) is 33.9 Å². The van der Waals surface area contributed by atoms with Crippen molar-refractivity contribution < 1.29 is 4.84 Å². The van der Waals surface area contributed by atoms with Crippen molar-refractivity contribution in [3.63, 3.8) is 0 Å². The third-order valence-corrected chi connectivity index (χ3v) is 7.19. The van der Waals surface area contributed by atoms with Gasteiger partial charge in [0.2, 0.25) is 5.88 Å². The highest BCUT2D eigenvalue weighted by molar-refractivity contribution is 5.79. The zero-order chi connectivity index (χ0) is 25.5. The number of hydrogen-bond donors (Lipinski definition) is 3. The molecule has 1 unspecified atom stereocenters. The molecule has 5 aromatic rings. The number of piperidine rings is 1. The molecule has 2 aliphatic heterocycles. The van der Waals surface area contributed by atoms with Gasteiger partial charge in [-0.2, -0.15) is 0 Å². The van der Waals surface area contributed by atoms with Crippen molar-refractivity contribution in [3.8, 4) is 17.4 Å². The van der Waals surface area contributed by atoms with Crippen LogP contribution in [0.4, 0.5) is 0 Å². The van der Waals surface area contributed by atoms with E-state index in [0.717, 1.165) is 71.0 Å². The molecule has 7 rings (SSSR count). The molecule has 1 fully saturated rings. The predicted molar refractivity (Wildman–Crippen MR) is 148 cm³/mol. The number of imidazole rings is 2. The van der Waals surface area contributed by atoms with Gasteiger partial charge in [0.25, 0.3) is 0 Å². The normalized spacial score (nSPS) is 18.8. The number of aromatic nitrogens is 5. The molecule has 2 aromatic carbocycles. The largest absolute Gasteiger partial charge is 0.386 e. The molecule has 4 N–H and O–H groups in total. The SMILES string of the molecule is NC1C=CC=C(c2nc3ccccc3[nH]2)N1C1CCN(Oc2cccc(-c3nc4ccccc4[nH]3)n2)CC1. The Balaban J connectivity index is 1.04. The summed E-state index contributed by atoms with van der Waals surface area (Å²) in [4.78, 5) is 29.5. The van der Waals surface area contributed by atoms with E-state index in [4.69, 9.17) is 20.5 Å². The summed E-state index contributed by atoms with van der Waals surface area (Å²) in [5.74, 6) is 2.13. The maximum absolute atomic E-state index is 6.58. The minimum atomic E-state index is -0.206. The Bertz CT molecular complexity index is 1590. The Morgan fingerprint density at radius 2 is 1.47 bits per heavy atom. The van der Waals surface area contributed by atoms with E-state index in [9.17, 15) is 0 Å². The number of hydroxylamine groups is 2. The van der Waals surface area contributed by atoms with Crippen LogP contribution in [-0.4, -0.2) is 60.2 Å². The maximum Gasteiger partial charge on any atom is 0.238 e. The molecule has 0 saturated carbocycles. The first-order chi connectivity index (χ1) is 18.7. The van der Waals surface area contributed by atoms with Gasteiger partial charge >= 0.3 is 0 Å². The van der Waals surface area contributed by atoms with Crippen LogP contribution in [-0.2, 0) is 0 Å². The van der Waals surface area contributed by atoms with E-state index in [1.807, 2.05) is 83.9 Å². The quantitative estimate of drug-likeness (QED) is 0.324. The molecule has 0 radical (unpaired) electrons. The number of nitrogens with zero attached hydrogens (tertiary/aromatic N) is 5. The zero-order valence-corrected chi connectivity index (χ0v) is 20.8. The summed E-state index contributed by atoms with van der Waals surface area (Å²) in [6.07, 6.45) is 7.75. The second-order valence-electron chi connectivity index (χ2n) is 9.65. The van der Waals surface area contributed by atoms with Gasteiger partial charge in [0, 0.05) is 25.2 Å². The van der Waals surface area contributed by atoms with Crippen molar-refractivity contribution in [2.24, 2.45) is 5.73 Å². The van der Waals surface area contributed by atoms with Gasteiger partial charge in [-0.25, -0.2) is 15.0 Å². The number of fused-ring (bicyclic) bond motifs is 2. The van der Waals surface area contributed by atoms with Crippen molar-refractivity contribution in [1.29, 1.82) is 0 Å². The first-order valence-electron chi connectivity index (χ1n) is 12.9. The monoisotopic (exact) mass is 504 g/mol. The lowest BCUT2D eigenvalue weighted by atomic mass is 10.0. The number of rotatable bonds is 5. The number of nitrogens with two attached hydrogens (primary N) is 1. The summed E-state index contributed by atoms with van der Waals surface area (Å²) >= 11 is 0. The smallest absolute Gasteiger partial charge is 0.238 e. The molecule has 38 heavy (non-hydrogen) atoms. The topological polar surface area (TPSA) is 112 Å². The third kappa shape index (κ3) is 4.21. The van der Waals surface area contributed by atoms with Crippen molar-refractivity contribution in [3.05, 3.63) is 90.8 Å². The molecular weight excluding hydrogens is 476 g/mol. The maximum atomic E-state index is 6.58. The average molecular weight is 505 g/mol. The third-order valence-electron chi connectivity index (χ3n) is 7.19. The fraction of sp³-hybridized carbons (Fsp3) is 0.207. The predicted octanol–water partition coefficient (Wildman–Crippen LogP) is 4.46. The minimum absolute atomic E-state index is 0.206. The highest BCUT2D eigenvalue weighted by atomic mass is 16.7. The van der Waals surface area contributed by atoms with Crippen LogP contribution in [0.1, 0.15) is 18.7 Å². The average Bonchev–Trinajstić information content (AvgIpc) is 3.58. The highest BCUT2D eigenvalue weighted by Crippen LogP contribution is 2.31. The van der Waals surface area contributed by atoms with E-state index < -0.39 is 0 Å². The minimum Gasteiger partial charge on any atom is -0.386 e. The standard InChI is InChI=1S/C29H28N8O/c30-26-13-6-12-25(29-34-22-9-3-4-10-23(22)35-29)37(26)19-15-17-36(18-16-19)38-27-14-5-11-24(31-27)28-32-20-7-1-2-8-21(20)33-28/h1-14,19,26H,15-18,30H2,(H,32,33)(H,34,35). The van der Waals surface area contributed by atoms with E-state index in [2.05, 4.69) is 25.9 Å². The molecule has 2 aliphatic rings. The van der Waals surface area contributed by atoms with Crippen LogP contribution in [0.25, 0.3) is 39.3 Å². The van der Waals surface area contributed by atoms with E-state index in [0.29, 0.717) is 5.88 Å². The van der Waals surface area contributed by atoms with Gasteiger partial charge < -0.3 is 25.4 Å². The van der Waals surface area contributed by atoms with Crippen molar-refractivity contribution in [2.45, 2.75) is 25.0 Å². The second-order valence-corrected chi connectivity index (χ2v) is 9.65. The molecule has 9 heteroatoms. The van der Waals surface area contributed by atoms with E-state index in [1.165, 1.54) is 0 Å². The molecule has 5 heterocycles. The van der Waals surface area contributed by atoms with Crippen LogP contribution < -0.4 is 10.6 Å². The lowest BCUT2D eigenvalue weighted by Crippen LogP contribution is -2.51. The van der Waals surface area contributed by atoms with Gasteiger partial charge in [-0.15, -0.1) is 5.06 Å². The Labute approximate surface area is 219 Å². The second kappa shape index (κ2) is 9.44. The first kappa shape index (κ1) is 22.7. The van der Waals surface area contributed by atoms with Crippen LogP contribution in [0.3, 0.4) is 0 Å². The van der Waals surface area contributed by atoms with E-state index in [1.54, 1.807) is 0 Å². The fourth-order valence-electron chi connectivity index (χ4n) is 5.33. The van der Waals surface area contributed by atoms with Crippen LogP contribution in [0.5, 0.6) is 5.88 Å². The zero-order valence-electron chi connectivity index (χ0n) is 20.8. The number of H-pyrrole nitrogens is 2. The molecule has 190 valence electrons. The van der Waals surface area contributed by atoms with E-state index in [-0.39, 0.29) is 12.2 Å². The van der Waals surface area contributed by atoms with Gasteiger partial charge in [-0.05, 0) is 55.3 Å². The number of allylic oxidation sites excluding steroid dienone is 2. The number of hydrogen-bond acceptors (Lipinski definition) is 7. The summed E-state index contributed by atoms with van der Waals surface area (Å²) in [5, 5.41) is 1.98. The summed E-state index contributed by atoms with van der Waals surface area (Å²) in [6.45, 7) is 1.53. The van der Waals surface area contributed by atoms with Crippen LogP contribution in [0.15, 0.2) is 85.0 Å². The van der Waals surface area contributed by atoms with Crippen LogP contribution in [0, 0.1) is 0 Å². The number of para-hydroxylation sites is 4. The highest BCUT2D eigenvalue weighted by Gasteiger charge is 2.32. The molecule has 0 bridgehead atoms. The summed E-state index contributed by atoms with van der Waals surface area (Å²) in [6, 6.07) is 22.1. The number of benzene rings is 2. The van der Waals surface area contributed by atoms with Crippen LogP contribution in [0.2, 0.25) is 0 Å². The molecule has 0 aliphatic carbocycles. The molecule has 1 atom stereocenters.